The monoisotopic (exact) mass is 251 g/mol. The molecule has 17 heavy (non-hydrogen) atoms. The molecular formula is C14H21NOS. The lowest BCUT2D eigenvalue weighted by Gasteiger charge is -2.15. The van der Waals surface area contributed by atoms with Crippen molar-refractivity contribution >= 4 is 10.8 Å². The zero-order valence-corrected chi connectivity index (χ0v) is 11.6. The quantitative estimate of drug-likeness (QED) is 0.870. The highest BCUT2D eigenvalue weighted by Gasteiger charge is 2.31. The molecule has 0 spiro atoms. The minimum atomic E-state index is -0.876. The number of hydrogen-bond donors (Lipinski definition) is 1. The molecule has 1 fully saturated rings. The van der Waals surface area contributed by atoms with Crippen LogP contribution in [-0.4, -0.2) is 23.1 Å². The molecule has 1 aliphatic carbocycles. The molecule has 3 heteroatoms. The summed E-state index contributed by atoms with van der Waals surface area (Å²) in [6, 6.07) is 6.58. The van der Waals surface area contributed by atoms with Crippen molar-refractivity contribution in [2.24, 2.45) is 5.92 Å². The van der Waals surface area contributed by atoms with Gasteiger partial charge in [0.05, 0.1) is 10.8 Å². The Bertz CT molecular complexity index is 426. The summed E-state index contributed by atoms with van der Waals surface area (Å²) in [7, 11) is 1.10. The smallest absolute Gasteiger partial charge is 0.0548 e. The van der Waals surface area contributed by atoms with Crippen LogP contribution in [0.25, 0.3) is 0 Å². The summed E-state index contributed by atoms with van der Waals surface area (Å²) in [5.74, 6) is 1.49. The van der Waals surface area contributed by atoms with Gasteiger partial charge in [-0.2, -0.15) is 0 Å². The molecule has 2 nitrogen and oxygen atoms in total. The van der Waals surface area contributed by atoms with E-state index >= 15 is 0 Å². The summed E-state index contributed by atoms with van der Waals surface area (Å²) < 4.78 is 12.3. The van der Waals surface area contributed by atoms with Gasteiger partial charge in [0, 0.05) is 16.7 Å². The maximum absolute atomic E-state index is 12.3. The molecule has 0 amide bonds. The second-order valence-electron chi connectivity index (χ2n) is 5.01. The molecule has 0 saturated heterocycles. The molecule has 2 rings (SSSR count). The zero-order chi connectivity index (χ0) is 12.4. The molecule has 0 heterocycles. The van der Waals surface area contributed by atoms with Gasteiger partial charge in [0.25, 0.3) is 0 Å². The molecule has 1 N–H and O–H groups in total. The molecule has 0 bridgehead atoms. The lowest BCUT2D eigenvalue weighted by atomic mass is 10.2. The van der Waals surface area contributed by atoms with Crippen molar-refractivity contribution in [1.82, 2.24) is 5.32 Å². The van der Waals surface area contributed by atoms with Crippen LogP contribution >= 0.6 is 0 Å². The number of nitrogens with one attached hydrogen (secondary N) is 1. The van der Waals surface area contributed by atoms with Gasteiger partial charge in [-0.15, -0.1) is 0 Å². The van der Waals surface area contributed by atoms with Crippen LogP contribution in [0.4, 0.5) is 0 Å². The van der Waals surface area contributed by atoms with Crippen LogP contribution in [0.5, 0.6) is 0 Å². The van der Waals surface area contributed by atoms with Crippen molar-refractivity contribution < 1.29 is 4.21 Å². The Labute approximate surface area is 106 Å². The highest BCUT2D eigenvalue weighted by atomic mass is 32.2. The van der Waals surface area contributed by atoms with Gasteiger partial charge in [0.2, 0.25) is 0 Å². The molecule has 0 aliphatic heterocycles. The Morgan fingerprint density at radius 2 is 2.12 bits per heavy atom. The standard InChI is InChI=1S/C14H21NOS/c1-10-4-7-14(11(2)8-10)17(16)9-13(15-3)12-5-6-12/h4,7-8,12-13,15H,5-6,9H2,1-3H3. The molecule has 0 aromatic heterocycles. The lowest BCUT2D eigenvalue weighted by molar-refractivity contribution is 0.546. The van der Waals surface area contributed by atoms with Crippen LogP contribution in [0.15, 0.2) is 23.1 Å². The Hall–Kier alpha value is -0.670. The first-order valence-corrected chi connectivity index (χ1v) is 7.56. The summed E-state index contributed by atoms with van der Waals surface area (Å²) in [5, 5.41) is 3.30. The Kier molecular flexibility index (Phi) is 4.00. The van der Waals surface area contributed by atoms with Crippen LogP contribution in [0.1, 0.15) is 24.0 Å². The zero-order valence-electron chi connectivity index (χ0n) is 10.8. The highest BCUT2D eigenvalue weighted by molar-refractivity contribution is 7.85. The van der Waals surface area contributed by atoms with Crippen LogP contribution in [-0.2, 0) is 10.8 Å². The van der Waals surface area contributed by atoms with E-state index in [9.17, 15) is 4.21 Å². The molecule has 1 aromatic carbocycles. The fourth-order valence-corrected chi connectivity index (χ4v) is 3.84. The third-order valence-electron chi connectivity index (χ3n) is 3.47. The largest absolute Gasteiger partial charge is 0.316 e. The van der Waals surface area contributed by atoms with Gasteiger partial charge in [-0.1, -0.05) is 17.7 Å². The molecule has 2 atom stereocenters. The van der Waals surface area contributed by atoms with Crippen molar-refractivity contribution in [2.75, 3.05) is 12.8 Å². The highest BCUT2D eigenvalue weighted by Crippen LogP contribution is 2.33. The van der Waals surface area contributed by atoms with E-state index in [1.807, 2.05) is 26.1 Å². The van der Waals surface area contributed by atoms with E-state index in [1.54, 1.807) is 0 Å². The summed E-state index contributed by atoms with van der Waals surface area (Å²) in [6.07, 6.45) is 2.57. The average Bonchev–Trinajstić information content (AvgIpc) is 3.09. The van der Waals surface area contributed by atoms with Gasteiger partial charge in [0.1, 0.15) is 0 Å². The van der Waals surface area contributed by atoms with E-state index in [0.717, 1.165) is 22.1 Å². The predicted octanol–water partition coefficient (Wildman–Crippen LogP) is 2.41. The number of rotatable bonds is 5. The van der Waals surface area contributed by atoms with E-state index < -0.39 is 10.8 Å². The number of aryl methyl sites for hydroxylation is 2. The molecule has 0 radical (unpaired) electrons. The van der Waals surface area contributed by atoms with Gasteiger partial charge < -0.3 is 5.32 Å². The topological polar surface area (TPSA) is 29.1 Å². The SMILES string of the molecule is CNC(CS(=O)c1ccc(C)cc1C)C1CC1. The minimum Gasteiger partial charge on any atom is -0.316 e. The van der Waals surface area contributed by atoms with Crippen LogP contribution in [0.3, 0.4) is 0 Å². The normalized spacial score (nSPS) is 19.0. The fourth-order valence-electron chi connectivity index (χ4n) is 2.26. The molecule has 1 saturated carbocycles. The first-order chi connectivity index (χ1) is 8.11. The molecule has 94 valence electrons. The molecular weight excluding hydrogens is 230 g/mol. The van der Waals surface area contributed by atoms with E-state index in [4.69, 9.17) is 0 Å². The van der Waals surface area contributed by atoms with Crippen LogP contribution in [0.2, 0.25) is 0 Å². The summed E-state index contributed by atoms with van der Waals surface area (Å²) in [6.45, 7) is 4.12. The van der Waals surface area contributed by atoms with Gasteiger partial charge in [-0.05, 0) is 51.3 Å². The Morgan fingerprint density at radius 3 is 2.65 bits per heavy atom. The first-order valence-electron chi connectivity index (χ1n) is 6.24. The van der Waals surface area contributed by atoms with E-state index in [1.165, 1.54) is 18.4 Å². The molecule has 2 unspecified atom stereocenters. The van der Waals surface area contributed by atoms with Crippen molar-refractivity contribution in [1.29, 1.82) is 0 Å². The summed E-state index contributed by atoms with van der Waals surface area (Å²) in [5.41, 5.74) is 2.38. The van der Waals surface area contributed by atoms with Crippen LogP contribution < -0.4 is 5.32 Å². The van der Waals surface area contributed by atoms with E-state index in [0.29, 0.717) is 6.04 Å². The van der Waals surface area contributed by atoms with Gasteiger partial charge >= 0.3 is 0 Å². The minimum absolute atomic E-state index is 0.413. The number of hydrogen-bond acceptors (Lipinski definition) is 2. The third kappa shape index (κ3) is 3.17. The number of benzene rings is 1. The average molecular weight is 251 g/mol. The second kappa shape index (κ2) is 5.32. The van der Waals surface area contributed by atoms with Crippen molar-refractivity contribution in [3.8, 4) is 0 Å². The maximum Gasteiger partial charge on any atom is 0.0548 e. The lowest BCUT2D eigenvalue weighted by Crippen LogP contribution is -2.33. The maximum atomic E-state index is 12.3. The van der Waals surface area contributed by atoms with Crippen molar-refractivity contribution in [3.63, 3.8) is 0 Å². The van der Waals surface area contributed by atoms with Gasteiger partial charge in [-0.3, -0.25) is 4.21 Å². The molecule has 1 aromatic rings. The van der Waals surface area contributed by atoms with E-state index in [2.05, 4.69) is 18.3 Å². The second-order valence-corrected chi connectivity index (χ2v) is 6.48. The van der Waals surface area contributed by atoms with Crippen molar-refractivity contribution in [2.45, 2.75) is 37.6 Å². The van der Waals surface area contributed by atoms with Crippen LogP contribution in [0, 0.1) is 19.8 Å². The Balaban J connectivity index is 2.08. The first kappa shape index (κ1) is 12.8. The summed E-state index contributed by atoms with van der Waals surface area (Å²) in [4.78, 5) is 0.997. The van der Waals surface area contributed by atoms with Crippen molar-refractivity contribution in [3.05, 3.63) is 29.3 Å². The fraction of sp³-hybridized carbons (Fsp3) is 0.571. The van der Waals surface area contributed by atoms with E-state index in [-0.39, 0.29) is 0 Å². The third-order valence-corrected chi connectivity index (χ3v) is 5.08. The Morgan fingerprint density at radius 1 is 1.41 bits per heavy atom. The summed E-state index contributed by atoms with van der Waals surface area (Å²) >= 11 is 0. The predicted molar refractivity (Wildman–Crippen MR) is 72.8 cm³/mol. The van der Waals surface area contributed by atoms with Gasteiger partial charge in [-0.25, -0.2) is 0 Å². The van der Waals surface area contributed by atoms with Gasteiger partial charge in [0.15, 0.2) is 0 Å². The molecule has 1 aliphatic rings.